The third kappa shape index (κ3) is 3.10. The third-order valence-electron chi connectivity index (χ3n) is 3.63. The second kappa shape index (κ2) is 5.53. The van der Waals surface area contributed by atoms with Gasteiger partial charge in [0.15, 0.2) is 0 Å². The van der Waals surface area contributed by atoms with E-state index < -0.39 is 0 Å². The summed E-state index contributed by atoms with van der Waals surface area (Å²) in [6, 6.07) is 6.56. The van der Waals surface area contributed by atoms with Gasteiger partial charge in [0.2, 0.25) is 5.91 Å². The Bertz CT molecular complexity index is 442. The molecule has 2 atom stereocenters. The van der Waals surface area contributed by atoms with E-state index in [2.05, 4.69) is 30.5 Å². The van der Waals surface area contributed by atoms with Crippen LogP contribution in [0.3, 0.4) is 0 Å². The highest BCUT2D eigenvalue weighted by atomic mass is 16.1. The maximum absolute atomic E-state index is 12.2. The Balaban J connectivity index is 2.02. The summed E-state index contributed by atoms with van der Waals surface area (Å²) in [5, 5.41) is 6.43. The second-order valence-electron chi connectivity index (χ2n) is 5.38. The first-order valence-corrected chi connectivity index (χ1v) is 6.68. The fourth-order valence-corrected chi connectivity index (χ4v) is 2.56. The SMILES string of the molecule is Cc1ccc(NC(=O)C2CCNC(C)C2)c(C)c1. The van der Waals surface area contributed by atoms with Gasteiger partial charge in [-0.25, -0.2) is 0 Å². The summed E-state index contributed by atoms with van der Waals surface area (Å²) < 4.78 is 0. The monoisotopic (exact) mass is 246 g/mol. The molecule has 1 amide bonds. The summed E-state index contributed by atoms with van der Waals surface area (Å²) >= 11 is 0. The Morgan fingerprint density at radius 3 is 2.83 bits per heavy atom. The molecule has 2 N–H and O–H groups in total. The molecule has 0 aliphatic carbocycles. The predicted molar refractivity (Wildman–Crippen MR) is 74.7 cm³/mol. The summed E-state index contributed by atoms with van der Waals surface area (Å²) in [5.41, 5.74) is 3.29. The first-order chi connectivity index (χ1) is 8.56. The van der Waals surface area contributed by atoms with Gasteiger partial charge in [-0.05, 0) is 51.8 Å². The summed E-state index contributed by atoms with van der Waals surface area (Å²) in [4.78, 5) is 12.2. The molecule has 0 spiro atoms. The minimum absolute atomic E-state index is 0.141. The summed E-state index contributed by atoms with van der Waals surface area (Å²) in [6.45, 7) is 7.17. The van der Waals surface area contributed by atoms with Crippen LogP contribution in [0.25, 0.3) is 0 Å². The molecule has 1 saturated heterocycles. The van der Waals surface area contributed by atoms with Crippen molar-refractivity contribution in [1.29, 1.82) is 0 Å². The highest BCUT2D eigenvalue weighted by molar-refractivity contribution is 5.93. The molecule has 0 saturated carbocycles. The Kier molecular flexibility index (Phi) is 4.02. The minimum Gasteiger partial charge on any atom is -0.326 e. The van der Waals surface area contributed by atoms with Crippen LogP contribution in [0.4, 0.5) is 5.69 Å². The van der Waals surface area contributed by atoms with Gasteiger partial charge in [0.1, 0.15) is 0 Å². The average Bonchev–Trinajstić information content (AvgIpc) is 2.32. The first kappa shape index (κ1) is 13.1. The maximum Gasteiger partial charge on any atom is 0.227 e. The van der Waals surface area contributed by atoms with Crippen LogP contribution in [-0.4, -0.2) is 18.5 Å². The van der Waals surface area contributed by atoms with Gasteiger partial charge in [-0.2, -0.15) is 0 Å². The Hall–Kier alpha value is -1.35. The normalized spacial score (nSPS) is 23.7. The lowest BCUT2D eigenvalue weighted by Gasteiger charge is -2.27. The van der Waals surface area contributed by atoms with Crippen molar-refractivity contribution in [1.82, 2.24) is 5.32 Å². The van der Waals surface area contributed by atoms with E-state index in [0.717, 1.165) is 30.6 Å². The van der Waals surface area contributed by atoms with Gasteiger partial charge in [-0.1, -0.05) is 17.7 Å². The van der Waals surface area contributed by atoms with Crippen LogP contribution in [-0.2, 0) is 4.79 Å². The highest BCUT2D eigenvalue weighted by Gasteiger charge is 2.24. The number of amides is 1. The molecule has 2 unspecified atom stereocenters. The second-order valence-corrected chi connectivity index (χ2v) is 5.38. The van der Waals surface area contributed by atoms with E-state index in [-0.39, 0.29) is 11.8 Å². The molecule has 0 bridgehead atoms. The number of rotatable bonds is 2. The molecule has 1 aromatic carbocycles. The Morgan fingerprint density at radius 2 is 2.17 bits per heavy atom. The molecule has 3 heteroatoms. The van der Waals surface area contributed by atoms with Crippen molar-refractivity contribution in [3.63, 3.8) is 0 Å². The van der Waals surface area contributed by atoms with E-state index in [9.17, 15) is 4.79 Å². The number of aryl methyl sites for hydroxylation is 2. The Morgan fingerprint density at radius 1 is 1.39 bits per heavy atom. The number of carbonyl (C=O) groups is 1. The van der Waals surface area contributed by atoms with Crippen molar-refractivity contribution in [3.8, 4) is 0 Å². The van der Waals surface area contributed by atoms with Crippen LogP contribution < -0.4 is 10.6 Å². The standard InChI is InChI=1S/C15H22N2O/c1-10-4-5-14(11(2)8-10)17-15(18)13-6-7-16-12(3)9-13/h4-5,8,12-13,16H,6-7,9H2,1-3H3,(H,17,18). The Labute approximate surface area is 109 Å². The number of piperidine rings is 1. The zero-order valence-electron chi connectivity index (χ0n) is 11.4. The molecule has 1 aliphatic rings. The quantitative estimate of drug-likeness (QED) is 0.842. The number of nitrogens with one attached hydrogen (secondary N) is 2. The molecule has 1 heterocycles. The van der Waals surface area contributed by atoms with Gasteiger partial charge in [-0.3, -0.25) is 4.79 Å². The molecule has 0 aromatic heterocycles. The van der Waals surface area contributed by atoms with Crippen molar-refractivity contribution in [2.24, 2.45) is 5.92 Å². The van der Waals surface area contributed by atoms with Crippen molar-refractivity contribution in [2.75, 3.05) is 11.9 Å². The zero-order chi connectivity index (χ0) is 13.1. The van der Waals surface area contributed by atoms with Crippen molar-refractivity contribution >= 4 is 11.6 Å². The van der Waals surface area contributed by atoms with Gasteiger partial charge >= 0.3 is 0 Å². The van der Waals surface area contributed by atoms with Gasteiger partial charge in [0.05, 0.1) is 0 Å². The van der Waals surface area contributed by atoms with Gasteiger partial charge in [0.25, 0.3) is 0 Å². The van der Waals surface area contributed by atoms with Crippen LogP contribution in [0.15, 0.2) is 18.2 Å². The highest BCUT2D eigenvalue weighted by Crippen LogP contribution is 2.21. The summed E-state index contributed by atoms with van der Waals surface area (Å²) in [7, 11) is 0. The molecule has 98 valence electrons. The lowest BCUT2D eigenvalue weighted by atomic mass is 9.92. The maximum atomic E-state index is 12.2. The zero-order valence-corrected chi connectivity index (χ0v) is 11.4. The molecule has 0 radical (unpaired) electrons. The topological polar surface area (TPSA) is 41.1 Å². The number of hydrogen-bond acceptors (Lipinski definition) is 2. The minimum atomic E-state index is 0.141. The van der Waals surface area contributed by atoms with Gasteiger partial charge in [0, 0.05) is 17.6 Å². The molecular formula is C15H22N2O. The van der Waals surface area contributed by atoms with Crippen LogP contribution in [0.2, 0.25) is 0 Å². The van der Waals surface area contributed by atoms with Crippen LogP contribution >= 0.6 is 0 Å². The van der Waals surface area contributed by atoms with Crippen molar-refractivity contribution in [3.05, 3.63) is 29.3 Å². The molecule has 18 heavy (non-hydrogen) atoms. The van der Waals surface area contributed by atoms with E-state index in [1.165, 1.54) is 5.56 Å². The van der Waals surface area contributed by atoms with E-state index in [4.69, 9.17) is 0 Å². The molecule has 1 aliphatic heterocycles. The van der Waals surface area contributed by atoms with Crippen LogP contribution in [0.5, 0.6) is 0 Å². The number of benzene rings is 1. The van der Waals surface area contributed by atoms with E-state index in [1.54, 1.807) is 0 Å². The molecular weight excluding hydrogens is 224 g/mol. The van der Waals surface area contributed by atoms with E-state index in [1.807, 2.05) is 19.1 Å². The largest absolute Gasteiger partial charge is 0.326 e. The van der Waals surface area contributed by atoms with E-state index >= 15 is 0 Å². The number of hydrogen-bond donors (Lipinski definition) is 2. The number of carbonyl (C=O) groups excluding carboxylic acids is 1. The lowest BCUT2D eigenvalue weighted by molar-refractivity contribution is -0.120. The average molecular weight is 246 g/mol. The van der Waals surface area contributed by atoms with Crippen LogP contribution in [0, 0.1) is 19.8 Å². The smallest absolute Gasteiger partial charge is 0.227 e. The van der Waals surface area contributed by atoms with Crippen LogP contribution in [0.1, 0.15) is 30.9 Å². The molecule has 1 aromatic rings. The first-order valence-electron chi connectivity index (χ1n) is 6.68. The fraction of sp³-hybridized carbons (Fsp3) is 0.533. The summed E-state index contributed by atoms with van der Waals surface area (Å²) in [5.74, 6) is 0.303. The summed E-state index contributed by atoms with van der Waals surface area (Å²) in [6.07, 6.45) is 1.86. The molecule has 1 fully saturated rings. The lowest BCUT2D eigenvalue weighted by Crippen LogP contribution is -2.40. The predicted octanol–water partition coefficient (Wildman–Crippen LogP) is 2.63. The van der Waals surface area contributed by atoms with Crippen molar-refractivity contribution in [2.45, 2.75) is 39.7 Å². The van der Waals surface area contributed by atoms with Gasteiger partial charge < -0.3 is 10.6 Å². The molecule has 3 nitrogen and oxygen atoms in total. The number of anilines is 1. The fourth-order valence-electron chi connectivity index (χ4n) is 2.56. The molecule has 2 rings (SSSR count). The van der Waals surface area contributed by atoms with E-state index in [0.29, 0.717) is 6.04 Å². The van der Waals surface area contributed by atoms with Crippen molar-refractivity contribution < 1.29 is 4.79 Å². The third-order valence-corrected chi connectivity index (χ3v) is 3.63. The van der Waals surface area contributed by atoms with Gasteiger partial charge in [-0.15, -0.1) is 0 Å².